The van der Waals surface area contributed by atoms with Crippen LogP contribution in [-0.4, -0.2) is 86.7 Å². The number of likely N-dealkylation sites (tertiary alicyclic amines) is 1. The van der Waals surface area contributed by atoms with Gasteiger partial charge in [0, 0.05) is 37.6 Å². The van der Waals surface area contributed by atoms with E-state index in [4.69, 9.17) is 0 Å². The second-order valence-electron chi connectivity index (χ2n) is 10.1. The monoisotopic (exact) mass is 448 g/mol. The fourth-order valence-corrected chi connectivity index (χ4v) is 5.58. The number of piperazine rings is 1. The molecule has 10 heteroatoms. The largest absolute Gasteiger partial charge is 0.351 e. The summed E-state index contributed by atoms with van der Waals surface area (Å²) in [4.78, 5) is 28.5. The van der Waals surface area contributed by atoms with Gasteiger partial charge in [0.1, 0.15) is 5.82 Å². The van der Waals surface area contributed by atoms with E-state index in [9.17, 15) is 9.18 Å². The Morgan fingerprint density at radius 3 is 2.56 bits per heavy atom. The Balaban J connectivity index is 1.51. The number of hydrazine groups is 1. The second kappa shape index (κ2) is 8.39. The number of urea groups is 1. The predicted octanol–water partition coefficient (Wildman–Crippen LogP) is 1.69. The Hall–Kier alpha value is -2.04. The molecule has 3 saturated heterocycles. The van der Waals surface area contributed by atoms with E-state index in [1.807, 2.05) is 9.80 Å². The number of halogens is 1. The highest BCUT2D eigenvalue weighted by molar-refractivity contribution is 5.76. The summed E-state index contributed by atoms with van der Waals surface area (Å²) in [6.45, 7) is 17.3. The van der Waals surface area contributed by atoms with Gasteiger partial charge >= 0.3 is 6.03 Å². The van der Waals surface area contributed by atoms with Crippen molar-refractivity contribution in [2.75, 3.05) is 31.5 Å². The molecule has 0 spiro atoms. The lowest BCUT2D eigenvalue weighted by Gasteiger charge is -2.47. The first-order valence-electron chi connectivity index (χ1n) is 11.6. The molecule has 0 saturated carbocycles. The van der Waals surface area contributed by atoms with Crippen LogP contribution < -0.4 is 16.2 Å². The van der Waals surface area contributed by atoms with Crippen molar-refractivity contribution in [1.29, 1.82) is 0 Å². The summed E-state index contributed by atoms with van der Waals surface area (Å²) in [5.74, 6) is 0.332. The van der Waals surface area contributed by atoms with Crippen LogP contribution in [0.5, 0.6) is 0 Å². The Morgan fingerprint density at radius 1 is 1.16 bits per heavy atom. The maximum atomic E-state index is 14.6. The minimum Gasteiger partial charge on any atom is -0.351 e. The molecule has 0 aliphatic carbocycles. The van der Waals surface area contributed by atoms with Gasteiger partial charge < -0.3 is 15.1 Å². The number of likely N-dealkylation sites (N-methyl/N-ethyl adjacent to an activating group) is 1. The smallest absolute Gasteiger partial charge is 0.320 e. The zero-order valence-corrected chi connectivity index (χ0v) is 20.2. The summed E-state index contributed by atoms with van der Waals surface area (Å²) >= 11 is 0. The molecular formula is C22H37FN8O. The van der Waals surface area contributed by atoms with Gasteiger partial charge in [-0.1, -0.05) is 6.92 Å². The number of carbonyl (C=O) groups excluding carboxylic acids is 1. The SMILES string of the molecule is CCN1C[C@H](C)N(C(=O)N2CC3C(Nc4nc(C)nc(C)c4F)NNC3C2(C)C)C[C@H]1C. The third-order valence-electron chi connectivity index (χ3n) is 7.52. The Bertz CT molecular complexity index is 880. The zero-order chi connectivity index (χ0) is 23.4. The molecule has 0 bridgehead atoms. The van der Waals surface area contributed by atoms with E-state index < -0.39 is 11.4 Å². The molecule has 0 aromatic carbocycles. The van der Waals surface area contributed by atoms with Crippen molar-refractivity contribution in [2.24, 2.45) is 5.92 Å². The summed E-state index contributed by atoms with van der Waals surface area (Å²) in [5.41, 5.74) is 6.53. The summed E-state index contributed by atoms with van der Waals surface area (Å²) in [6, 6.07) is 0.614. The van der Waals surface area contributed by atoms with Crippen LogP contribution in [0.1, 0.15) is 46.1 Å². The average Bonchev–Trinajstić information content (AvgIpc) is 3.24. The van der Waals surface area contributed by atoms with Crippen molar-refractivity contribution in [2.45, 2.75) is 78.3 Å². The van der Waals surface area contributed by atoms with E-state index in [1.54, 1.807) is 13.8 Å². The van der Waals surface area contributed by atoms with Gasteiger partial charge in [0.2, 0.25) is 0 Å². The van der Waals surface area contributed by atoms with E-state index in [0.29, 0.717) is 24.1 Å². The highest BCUT2D eigenvalue weighted by Crippen LogP contribution is 2.38. The van der Waals surface area contributed by atoms with Gasteiger partial charge in [0.15, 0.2) is 11.6 Å². The molecule has 1 aromatic rings. The number of fused-ring (bicyclic) bond motifs is 1. The Morgan fingerprint density at radius 2 is 1.88 bits per heavy atom. The van der Waals surface area contributed by atoms with Crippen LogP contribution in [0.2, 0.25) is 0 Å². The van der Waals surface area contributed by atoms with Gasteiger partial charge in [-0.05, 0) is 48.1 Å². The van der Waals surface area contributed by atoms with E-state index in [1.165, 1.54) is 0 Å². The summed E-state index contributed by atoms with van der Waals surface area (Å²) in [6.07, 6.45) is -0.256. The number of rotatable bonds is 3. The Labute approximate surface area is 190 Å². The van der Waals surface area contributed by atoms with E-state index in [0.717, 1.165) is 19.6 Å². The molecule has 5 atom stereocenters. The van der Waals surface area contributed by atoms with Crippen molar-refractivity contribution < 1.29 is 9.18 Å². The average molecular weight is 449 g/mol. The van der Waals surface area contributed by atoms with Crippen molar-refractivity contribution in [3.05, 3.63) is 17.3 Å². The highest BCUT2D eigenvalue weighted by atomic mass is 19.1. The minimum atomic E-state index is -0.442. The van der Waals surface area contributed by atoms with Gasteiger partial charge in [-0.3, -0.25) is 10.3 Å². The number of aryl methyl sites for hydroxylation is 2. The molecule has 3 aliphatic heterocycles. The maximum Gasteiger partial charge on any atom is 0.320 e. The van der Waals surface area contributed by atoms with Crippen LogP contribution in [-0.2, 0) is 0 Å². The molecule has 3 fully saturated rings. The molecule has 3 unspecified atom stereocenters. The summed E-state index contributed by atoms with van der Waals surface area (Å²) in [5, 5.41) is 3.21. The third kappa shape index (κ3) is 3.82. The molecule has 2 amide bonds. The quantitative estimate of drug-likeness (QED) is 0.649. The van der Waals surface area contributed by atoms with Gasteiger partial charge in [-0.25, -0.2) is 24.6 Å². The first kappa shape index (κ1) is 23.1. The predicted molar refractivity (Wildman–Crippen MR) is 121 cm³/mol. The van der Waals surface area contributed by atoms with Crippen LogP contribution in [0.25, 0.3) is 0 Å². The van der Waals surface area contributed by atoms with Crippen LogP contribution in [0.15, 0.2) is 0 Å². The lowest BCUT2D eigenvalue weighted by atomic mass is 9.90. The molecule has 178 valence electrons. The maximum absolute atomic E-state index is 14.6. The second-order valence-corrected chi connectivity index (χ2v) is 10.1. The van der Waals surface area contributed by atoms with Gasteiger partial charge in [0.25, 0.3) is 0 Å². The third-order valence-corrected chi connectivity index (χ3v) is 7.52. The lowest BCUT2D eigenvalue weighted by molar-refractivity contribution is 0.0412. The summed E-state index contributed by atoms with van der Waals surface area (Å²) < 4.78 is 14.6. The minimum absolute atomic E-state index is 0.0284. The van der Waals surface area contributed by atoms with Gasteiger partial charge in [0.05, 0.1) is 23.4 Å². The number of hydrogen-bond acceptors (Lipinski definition) is 7. The molecule has 3 aliphatic rings. The van der Waals surface area contributed by atoms with Crippen molar-refractivity contribution in [1.82, 2.24) is 35.5 Å². The van der Waals surface area contributed by atoms with Crippen molar-refractivity contribution in [3.8, 4) is 0 Å². The fraction of sp³-hybridized carbons (Fsp3) is 0.773. The molecule has 3 N–H and O–H groups in total. The number of nitrogens with one attached hydrogen (secondary N) is 3. The molecule has 1 aromatic heterocycles. The topological polar surface area (TPSA) is 88.7 Å². The van der Waals surface area contributed by atoms with E-state index in [-0.39, 0.29) is 36.0 Å². The number of hydrogen-bond donors (Lipinski definition) is 3. The molecule has 9 nitrogen and oxygen atoms in total. The highest BCUT2D eigenvalue weighted by Gasteiger charge is 2.56. The van der Waals surface area contributed by atoms with E-state index in [2.05, 4.69) is 65.7 Å². The normalized spacial score (nSPS) is 32.3. The Kier molecular flexibility index (Phi) is 6.06. The van der Waals surface area contributed by atoms with Crippen LogP contribution in [0.3, 0.4) is 0 Å². The molecular weight excluding hydrogens is 411 g/mol. The first-order chi connectivity index (χ1) is 15.0. The number of amides is 2. The number of nitrogens with zero attached hydrogens (tertiary/aromatic N) is 5. The fourth-order valence-electron chi connectivity index (χ4n) is 5.58. The number of aromatic nitrogens is 2. The zero-order valence-electron chi connectivity index (χ0n) is 20.2. The van der Waals surface area contributed by atoms with Crippen LogP contribution >= 0.6 is 0 Å². The molecule has 0 radical (unpaired) electrons. The van der Waals surface area contributed by atoms with Crippen molar-refractivity contribution >= 4 is 11.8 Å². The van der Waals surface area contributed by atoms with E-state index >= 15 is 0 Å². The van der Waals surface area contributed by atoms with Crippen LogP contribution in [0.4, 0.5) is 15.0 Å². The van der Waals surface area contributed by atoms with Crippen molar-refractivity contribution in [3.63, 3.8) is 0 Å². The summed E-state index contributed by atoms with van der Waals surface area (Å²) in [7, 11) is 0. The standard InChI is InChI=1S/C22H37FN8O/c1-8-29-9-13(3)30(10-12(29)2)21(32)31-11-16-18(22(31,6)7)27-28-19(16)26-20-17(23)14(4)24-15(5)25-20/h12-13,16,18-19,27-28H,8-11H2,1-7H3,(H,24,25,26)/t12-,13+,16?,18?,19?/m1/s1. The molecule has 32 heavy (non-hydrogen) atoms. The van der Waals surface area contributed by atoms with Gasteiger partial charge in [-0.2, -0.15) is 0 Å². The van der Waals surface area contributed by atoms with Crippen LogP contribution in [0, 0.1) is 25.6 Å². The molecule has 4 rings (SSSR count). The first-order valence-corrected chi connectivity index (χ1v) is 11.6. The number of carbonyl (C=O) groups is 1. The number of anilines is 1. The lowest BCUT2D eigenvalue weighted by Crippen LogP contribution is -2.63. The van der Waals surface area contributed by atoms with Gasteiger partial charge in [-0.15, -0.1) is 0 Å². The molecule has 4 heterocycles.